The van der Waals surface area contributed by atoms with Crippen molar-refractivity contribution in [1.29, 1.82) is 0 Å². The van der Waals surface area contributed by atoms with Gasteiger partial charge in [0.2, 0.25) is 17.7 Å². The van der Waals surface area contributed by atoms with Crippen molar-refractivity contribution in [2.75, 3.05) is 20.2 Å². The number of nitrogens with zero attached hydrogens (tertiary/aromatic N) is 2. The van der Waals surface area contributed by atoms with Gasteiger partial charge in [-0.05, 0) is 48.2 Å². The summed E-state index contributed by atoms with van der Waals surface area (Å²) in [6.45, 7) is 1.48. The van der Waals surface area contributed by atoms with Crippen LogP contribution >= 0.6 is 11.6 Å². The Labute approximate surface area is 201 Å². The van der Waals surface area contributed by atoms with Crippen molar-refractivity contribution in [3.63, 3.8) is 0 Å². The fraction of sp³-hybridized carbons (Fsp3) is 0.348. The van der Waals surface area contributed by atoms with Crippen molar-refractivity contribution in [1.82, 2.24) is 20.5 Å². The SMILES string of the molecule is CC[C@@H](NC(=O)N1CC(=O)NCC(Cc2cc(Cl)ccc2OC)C1=O)c1cncc(C(N)=O)c1. The Kier molecular flexibility index (Phi) is 8.06. The third kappa shape index (κ3) is 5.82. The number of carbonyl (C=O) groups excluding carboxylic acids is 4. The number of primary amides is 1. The number of pyridine rings is 1. The number of hydrogen-bond acceptors (Lipinski definition) is 6. The molecule has 180 valence electrons. The first kappa shape index (κ1) is 25.0. The molecule has 0 spiro atoms. The molecule has 2 atom stereocenters. The summed E-state index contributed by atoms with van der Waals surface area (Å²) in [5, 5.41) is 5.93. The summed E-state index contributed by atoms with van der Waals surface area (Å²) in [5.41, 5.74) is 6.76. The average Bonchev–Trinajstić information content (AvgIpc) is 2.96. The van der Waals surface area contributed by atoms with Crippen LogP contribution in [-0.2, 0) is 16.0 Å². The zero-order chi connectivity index (χ0) is 24.8. The summed E-state index contributed by atoms with van der Waals surface area (Å²) in [6, 6.07) is 5.33. The maximum Gasteiger partial charge on any atom is 0.325 e. The van der Waals surface area contributed by atoms with Gasteiger partial charge in [-0.2, -0.15) is 0 Å². The number of urea groups is 1. The van der Waals surface area contributed by atoms with Gasteiger partial charge in [0.1, 0.15) is 12.3 Å². The highest BCUT2D eigenvalue weighted by Crippen LogP contribution is 2.26. The van der Waals surface area contributed by atoms with E-state index in [0.29, 0.717) is 28.3 Å². The summed E-state index contributed by atoms with van der Waals surface area (Å²) in [7, 11) is 1.51. The predicted molar refractivity (Wildman–Crippen MR) is 124 cm³/mol. The molecule has 0 bridgehead atoms. The van der Waals surface area contributed by atoms with Gasteiger partial charge in [-0.1, -0.05) is 18.5 Å². The number of halogens is 1. The van der Waals surface area contributed by atoms with Crippen molar-refractivity contribution in [2.24, 2.45) is 11.7 Å². The molecule has 1 aliphatic heterocycles. The van der Waals surface area contributed by atoms with E-state index in [4.69, 9.17) is 22.1 Å². The van der Waals surface area contributed by atoms with Crippen LogP contribution in [0, 0.1) is 5.92 Å². The number of carbonyl (C=O) groups is 4. The van der Waals surface area contributed by atoms with Crippen molar-refractivity contribution >= 4 is 35.4 Å². The highest BCUT2D eigenvalue weighted by atomic mass is 35.5. The molecule has 1 aromatic heterocycles. The zero-order valence-electron chi connectivity index (χ0n) is 18.8. The van der Waals surface area contributed by atoms with Crippen LogP contribution < -0.4 is 21.1 Å². The fourth-order valence-electron chi connectivity index (χ4n) is 3.76. The van der Waals surface area contributed by atoms with Gasteiger partial charge in [0.15, 0.2) is 0 Å². The van der Waals surface area contributed by atoms with Gasteiger partial charge in [-0.3, -0.25) is 24.3 Å². The molecule has 34 heavy (non-hydrogen) atoms. The van der Waals surface area contributed by atoms with Crippen molar-refractivity contribution in [2.45, 2.75) is 25.8 Å². The summed E-state index contributed by atoms with van der Waals surface area (Å²) in [5.74, 6) is -1.75. The molecule has 1 unspecified atom stereocenters. The Hall–Kier alpha value is -3.66. The van der Waals surface area contributed by atoms with E-state index in [1.807, 2.05) is 6.92 Å². The van der Waals surface area contributed by atoms with Crippen LogP contribution in [0.4, 0.5) is 4.79 Å². The maximum absolute atomic E-state index is 13.3. The highest BCUT2D eigenvalue weighted by molar-refractivity contribution is 6.30. The number of benzene rings is 1. The summed E-state index contributed by atoms with van der Waals surface area (Å²) < 4.78 is 5.36. The molecule has 1 saturated heterocycles. The van der Waals surface area contributed by atoms with Gasteiger partial charge in [0, 0.05) is 24.0 Å². The zero-order valence-corrected chi connectivity index (χ0v) is 19.6. The second kappa shape index (κ2) is 11.0. The lowest BCUT2D eigenvalue weighted by molar-refractivity contribution is -0.133. The van der Waals surface area contributed by atoms with E-state index in [-0.39, 0.29) is 18.5 Å². The molecule has 1 fully saturated rings. The maximum atomic E-state index is 13.3. The smallest absolute Gasteiger partial charge is 0.325 e. The third-order valence-electron chi connectivity index (χ3n) is 5.57. The van der Waals surface area contributed by atoms with E-state index in [0.717, 1.165) is 4.90 Å². The van der Waals surface area contributed by atoms with Crippen molar-refractivity contribution < 1.29 is 23.9 Å². The first-order valence-corrected chi connectivity index (χ1v) is 11.1. The van der Waals surface area contributed by atoms with E-state index in [2.05, 4.69) is 15.6 Å². The molecule has 10 nitrogen and oxygen atoms in total. The van der Waals surface area contributed by atoms with E-state index in [1.165, 1.54) is 25.6 Å². The Morgan fingerprint density at radius 2 is 2.09 bits per heavy atom. The Morgan fingerprint density at radius 1 is 1.32 bits per heavy atom. The standard InChI is InChI=1S/C23H26ClN5O5/c1-3-18(14-7-15(21(25)31)10-26-9-14)28-23(33)29-12-20(30)27-11-16(22(29)32)6-13-8-17(24)4-5-19(13)34-2/h4-5,7-10,16,18H,3,6,11-12H2,1-2H3,(H2,25,31)(H,27,30)(H,28,33)/t16?,18-/m1/s1. The molecule has 4 N–H and O–H groups in total. The van der Waals surface area contributed by atoms with Crippen LogP contribution in [0.15, 0.2) is 36.7 Å². The number of nitrogens with one attached hydrogen (secondary N) is 2. The monoisotopic (exact) mass is 487 g/mol. The number of rotatable bonds is 7. The lowest BCUT2D eigenvalue weighted by Crippen LogP contribution is -2.48. The molecular weight excluding hydrogens is 462 g/mol. The normalized spacial score (nSPS) is 16.9. The summed E-state index contributed by atoms with van der Waals surface area (Å²) in [4.78, 5) is 55.1. The molecule has 2 aromatic rings. The molecule has 2 heterocycles. The predicted octanol–water partition coefficient (Wildman–Crippen LogP) is 1.82. The second-order valence-electron chi connectivity index (χ2n) is 7.87. The van der Waals surface area contributed by atoms with Crippen LogP contribution in [0.5, 0.6) is 5.75 Å². The van der Waals surface area contributed by atoms with Gasteiger partial charge in [-0.25, -0.2) is 4.79 Å². The van der Waals surface area contributed by atoms with Gasteiger partial charge in [-0.15, -0.1) is 0 Å². The summed E-state index contributed by atoms with van der Waals surface area (Å²) in [6.07, 6.45) is 3.51. The second-order valence-corrected chi connectivity index (χ2v) is 8.30. The average molecular weight is 488 g/mol. The first-order chi connectivity index (χ1) is 16.2. The molecule has 5 amide bonds. The van der Waals surface area contributed by atoms with E-state index >= 15 is 0 Å². The van der Waals surface area contributed by atoms with Gasteiger partial charge >= 0.3 is 6.03 Å². The van der Waals surface area contributed by atoms with Gasteiger partial charge in [0.05, 0.1) is 24.6 Å². The van der Waals surface area contributed by atoms with Gasteiger partial charge < -0.3 is 21.1 Å². The number of methoxy groups -OCH3 is 1. The largest absolute Gasteiger partial charge is 0.496 e. The third-order valence-corrected chi connectivity index (χ3v) is 5.80. The Balaban J connectivity index is 1.81. The van der Waals surface area contributed by atoms with Crippen molar-refractivity contribution in [3.8, 4) is 5.75 Å². The van der Waals surface area contributed by atoms with Crippen LogP contribution in [0.3, 0.4) is 0 Å². The Bertz CT molecular complexity index is 1110. The lowest BCUT2D eigenvalue weighted by atomic mass is 9.97. The lowest BCUT2D eigenvalue weighted by Gasteiger charge is -2.25. The quantitative estimate of drug-likeness (QED) is 0.543. The van der Waals surface area contributed by atoms with E-state index in [1.54, 1.807) is 18.2 Å². The van der Waals surface area contributed by atoms with E-state index < -0.39 is 42.3 Å². The van der Waals surface area contributed by atoms with Crippen molar-refractivity contribution in [3.05, 3.63) is 58.4 Å². The summed E-state index contributed by atoms with van der Waals surface area (Å²) >= 11 is 6.11. The topological polar surface area (TPSA) is 144 Å². The molecule has 0 radical (unpaired) electrons. The molecule has 1 aromatic carbocycles. The minimum atomic E-state index is -0.721. The number of imide groups is 1. The molecule has 1 aliphatic rings. The first-order valence-electron chi connectivity index (χ1n) is 10.7. The molecule has 0 aliphatic carbocycles. The van der Waals surface area contributed by atoms with Crippen LogP contribution in [-0.4, -0.2) is 53.8 Å². The highest BCUT2D eigenvalue weighted by Gasteiger charge is 2.35. The number of ether oxygens (including phenoxy) is 1. The van der Waals surface area contributed by atoms with Crippen LogP contribution in [0.25, 0.3) is 0 Å². The Morgan fingerprint density at radius 3 is 2.76 bits per heavy atom. The fourth-order valence-corrected chi connectivity index (χ4v) is 3.95. The number of amides is 5. The molecular formula is C23H26ClN5O5. The van der Waals surface area contributed by atoms with Crippen LogP contribution in [0.2, 0.25) is 5.02 Å². The minimum Gasteiger partial charge on any atom is -0.496 e. The number of hydrogen-bond donors (Lipinski definition) is 3. The minimum absolute atomic E-state index is 0.0684. The van der Waals surface area contributed by atoms with E-state index in [9.17, 15) is 19.2 Å². The molecule has 11 heteroatoms. The molecule has 0 saturated carbocycles. The van der Waals surface area contributed by atoms with Crippen LogP contribution in [0.1, 0.15) is 40.9 Å². The molecule has 3 rings (SSSR count). The number of nitrogens with two attached hydrogens (primary N) is 1. The van der Waals surface area contributed by atoms with Gasteiger partial charge in [0.25, 0.3) is 0 Å². The number of aromatic nitrogens is 1.